The number of anilines is 1. The number of hydrogen-bond acceptors (Lipinski definition) is 7. The van der Waals surface area contributed by atoms with Crippen LogP contribution in [0.4, 0.5) is 16.2 Å². The van der Waals surface area contributed by atoms with Gasteiger partial charge in [-0.25, -0.2) is 4.79 Å². The molecule has 1 aromatic heterocycles. The highest BCUT2D eigenvalue weighted by Gasteiger charge is 2.53. The van der Waals surface area contributed by atoms with Gasteiger partial charge in [-0.2, -0.15) is 0 Å². The maximum absolute atomic E-state index is 13.4. The molecule has 1 atom stereocenters. The Morgan fingerprint density at radius 1 is 1.43 bits per heavy atom. The molecule has 0 saturated heterocycles. The van der Waals surface area contributed by atoms with Gasteiger partial charge in [-0.1, -0.05) is 21.1 Å². The van der Waals surface area contributed by atoms with Gasteiger partial charge < -0.3 is 19.5 Å². The average molecular weight is 481 g/mol. The molecule has 2 heterocycles. The first-order valence-corrected chi connectivity index (χ1v) is 9.84. The van der Waals surface area contributed by atoms with Crippen LogP contribution in [0.1, 0.15) is 37.8 Å². The summed E-state index contributed by atoms with van der Waals surface area (Å²) in [5.41, 5.74) is -1.73. The normalized spacial score (nSPS) is 18.3. The molecule has 0 radical (unpaired) electrons. The third-order valence-electron chi connectivity index (χ3n) is 4.67. The van der Waals surface area contributed by atoms with Gasteiger partial charge in [0.25, 0.3) is 5.91 Å². The predicted molar refractivity (Wildman–Crippen MR) is 110 cm³/mol. The number of nitrogens with zero attached hydrogens (tertiary/aromatic N) is 3. The summed E-state index contributed by atoms with van der Waals surface area (Å²) < 4.78 is 11.2. The fraction of sp³-hybridized carbons (Fsp3) is 0.421. The number of benzene rings is 1. The number of aromatic nitrogens is 1. The Bertz CT molecular complexity index is 1040. The lowest BCUT2D eigenvalue weighted by Crippen LogP contribution is -2.55. The van der Waals surface area contributed by atoms with Gasteiger partial charge in [-0.15, -0.1) is 0 Å². The zero-order valence-corrected chi connectivity index (χ0v) is 18.7. The number of nitrogens with one attached hydrogen (secondary N) is 1. The van der Waals surface area contributed by atoms with Crippen molar-refractivity contribution < 1.29 is 23.8 Å². The molecule has 3 rings (SSSR count). The van der Waals surface area contributed by atoms with Crippen LogP contribution < -0.4 is 10.2 Å². The fourth-order valence-corrected chi connectivity index (χ4v) is 3.83. The van der Waals surface area contributed by atoms with Gasteiger partial charge in [-0.3, -0.25) is 14.9 Å². The monoisotopic (exact) mass is 480 g/mol. The van der Waals surface area contributed by atoms with Crippen LogP contribution in [-0.2, 0) is 21.5 Å². The van der Waals surface area contributed by atoms with Gasteiger partial charge in [0, 0.05) is 22.8 Å². The molecule has 0 unspecified atom stereocenters. The molecule has 0 spiro atoms. The number of fused-ring (bicyclic) bond motifs is 1. The maximum Gasteiger partial charge on any atom is 0.408 e. The first kappa shape index (κ1) is 21.8. The minimum Gasteiger partial charge on any atom is -0.444 e. The van der Waals surface area contributed by atoms with Gasteiger partial charge in [0.2, 0.25) is 5.76 Å². The number of nitro groups is 1. The van der Waals surface area contributed by atoms with Crippen molar-refractivity contribution in [1.29, 1.82) is 0 Å². The van der Waals surface area contributed by atoms with Gasteiger partial charge in [0.1, 0.15) is 5.60 Å². The van der Waals surface area contributed by atoms with Crippen LogP contribution in [0.15, 0.2) is 27.2 Å². The molecule has 10 nitrogen and oxygen atoms in total. The number of likely N-dealkylation sites (N-methyl/N-ethyl adjacent to an activating group) is 1. The van der Waals surface area contributed by atoms with Crippen molar-refractivity contribution in [3.63, 3.8) is 0 Å². The molecule has 0 aliphatic carbocycles. The molecule has 0 saturated carbocycles. The second-order valence-corrected chi connectivity index (χ2v) is 8.95. The summed E-state index contributed by atoms with van der Waals surface area (Å²) in [5, 5.41) is 17.9. The Labute approximate surface area is 180 Å². The van der Waals surface area contributed by atoms with Crippen LogP contribution in [0, 0.1) is 17.0 Å². The molecule has 2 amide bonds. The third-order valence-corrected chi connectivity index (χ3v) is 5.16. The molecule has 30 heavy (non-hydrogen) atoms. The molecule has 160 valence electrons. The number of halogens is 1. The lowest BCUT2D eigenvalue weighted by molar-refractivity contribution is -0.386. The molecule has 11 heteroatoms. The van der Waals surface area contributed by atoms with Gasteiger partial charge in [0.15, 0.2) is 11.2 Å². The summed E-state index contributed by atoms with van der Waals surface area (Å²) >= 11 is 3.38. The average Bonchev–Trinajstić information content (AvgIpc) is 3.05. The van der Waals surface area contributed by atoms with Crippen molar-refractivity contribution in [3.8, 4) is 0 Å². The first-order chi connectivity index (χ1) is 13.9. The highest BCUT2D eigenvalue weighted by Crippen LogP contribution is 2.44. The van der Waals surface area contributed by atoms with Crippen LogP contribution in [0.5, 0.6) is 0 Å². The Morgan fingerprint density at radius 3 is 2.70 bits per heavy atom. The molecule has 1 aliphatic heterocycles. The largest absolute Gasteiger partial charge is 0.444 e. The Morgan fingerprint density at radius 2 is 2.10 bits per heavy atom. The highest BCUT2D eigenvalue weighted by atomic mass is 79.9. The standard InChI is InChI=1S/C19H21BrN4O6/c1-10-15(24(27)28)14(30-22-10)9-19(21-17(26)29-18(2,3)4)12-8-11(20)6-7-13(12)23(5)16(19)25/h6-8H,9H2,1-5H3,(H,21,26)/t19-/m0/s1. The number of aryl methyl sites for hydroxylation is 1. The number of hydrogen-bond donors (Lipinski definition) is 1. The van der Waals surface area contributed by atoms with Crippen molar-refractivity contribution in [2.45, 2.75) is 45.3 Å². The number of alkyl carbamates (subject to hydrolysis) is 1. The van der Waals surface area contributed by atoms with Crippen molar-refractivity contribution in [1.82, 2.24) is 10.5 Å². The minimum absolute atomic E-state index is 0.0793. The van der Waals surface area contributed by atoms with Gasteiger partial charge >= 0.3 is 11.8 Å². The van der Waals surface area contributed by atoms with Crippen molar-refractivity contribution in [3.05, 3.63) is 49.8 Å². The number of amides is 2. The van der Waals surface area contributed by atoms with E-state index in [4.69, 9.17) is 9.26 Å². The smallest absolute Gasteiger partial charge is 0.408 e. The Kier molecular flexibility index (Phi) is 5.35. The van der Waals surface area contributed by atoms with E-state index in [9.17, 15) is 19.7 Å². The van der Waals surface area contributed by atoms with E-state index in [2.05, 4.69) is 26.4 Å². The lowest BCUT2D eigenvalue weighted by Gasteiger charge is -2.30. The number of ether oxygens (including phenoxy) is 1. The Hall–Kier alpha value is -2.95. The first-order valence-electron chi connectivity index (χ1n) is 9.04. The van der Waals surface area contributed by atoms with E-state index in [0.717, 1.165) is 0 Å². The van der Waals surface area contributed by atoms with E-state index in [1.165, 1.54) is 11.8 Å². The zero-order valence-electron chi connectivity index (χ0n) is 17.1. The second kappa shape index (κ2) is 7.38. The van der Waals surface area contributed by atoms with Crippen LogP contribution in [0.25, 0.3) is 0 Å². The van der Waals surface area contributed by atoms with E-state index in [1.807, 2.05) is 0 Å². The molecular formula is C19H21BrN4O6. The van der Waals surface area contributed by atoms with Crippen LogP contribution in [0.3, 0.4) is 0 Å². The molecule has 0 fully saturated rings. The van der Waals surface area contributed by atoms with E-state index in [1.54, 1.807) is 46.0 Å². The number of carbonyl (C=O) groups excluding carboxylic acids is 2. The lowest BCUT2D eigenvalue weighted by atomic mass is 9.86. The molecule has 1 aromatic carbocycles. The fourth-order valence-electron chi connectivity index (χ4n) is 3.47. The molecule has 0 bridgehead atoms. The quantitative estimate of drug-likeness (QED) is 0.522. The van der Waals surface area contributed by atoms with E-state index in [-0.39, 0.29) is 23.6 Å². The predicted octanol–water partition coefficient (Wildman–Crippen LogP) is 3.59. The SMILES string of the molecule is Cc1noc(C[C@@]2(NC(=O)OC(C)(C)C)C(=O)N(C)c3ccc(Br)cc32)c1[N+](=O)[O-]. The van der Waals surface area contributed by atoms with Crippen molar-refractivity contribution in [2.75, 3.05) is 11.9 Å². The summed E-state index contributed by atoms with van der Waals surface area (Å²) in [6.07, 6.45) is -1.15. The Balaban J connectivity index is 2.16. The molecule has 1 N–H and O–H groups in total. The third kappa shape index (κ3) is 3.76. The summed E-state index contributed by atoms with van der Waals surface area (Å²) in [6.45, 7) is 6.51. The van der Waals surface area contributed by atoms with Gasteiger partial charge in [0.05, 0.1) is 11.3 Å². The minimum atomic E-state index is -1.67. The second-order valence-electron chi connectivity index (χ2n) is 8.03. The van der Waals surface area contributed by atoms with Crippen LogP contribution >= 0.6 is 15.9 Å². The van der Waals surface area contributed by atoms with E-state index in [0.29, 0.717) is 15.7 Å². The number of carbonyl (C=O) groups is 2. The van der Waals surface area contributed by atoms with Crippen molar-refractivity contribution in [2.24, 2.45) is 0 Å². The van der Waals surface area contributed by atoms with Crippen molar-refractivity contribution >= 4 is 39.3 Å². The van der Waals surface area contributed by atoms with Crippen LogP contribution in [0.2, 0.25) is 0 Å². The highest BCUT2D eigenvalue weighted by molar-refractivity contribution is 9.10. The van der Waals surface area contributed by atoms with E-state index >= 15 is 0 Å². The number of rotatable bonds is 4. The van der Waals surface area contributed by atoms with E-state index < -0.39 is 28.1 Å². The zero-order chi connectivity index (χ0) is 22.4. The molecule has 1 aliphatic rings. The topological polar surface area (TPSA) is 128 Å². The molecule has 2 aromatic rings. The summed E-state index contributed by atoms with van der Waals surface area (Å²) in [4.78, 5) is 38.4. The van der Waals surface area contributed by atoms with Gasteiger partial charge in [-0.05, 0) is 45.9 Å². The summed E-state index contributed by atoms with van der Waals surface area (Å²) in [5.74, 6) is -0.604. The summed E-state index contributed by atoms with van der Waals surface area (Å²) in [6, 6.07) is 5.16. The summed E-state index contributed by atoms with van der Waals surface area (Å²) in [7, 11) is 1.56. The maximum atomic E-state index is 13.4. The van der Waals surface area contributed by atoms with Crippen LogP contribution in [-0.4, -0.2) is 34.7 Å². The molecular weight excluding hydrogens is 460 g/mol.